The zero-order chi connectivity index (χ0) is 13.5. The van der Waals surface area contributed by atoms with Gasteiger partial charge in [0.1, 0.15) is 0 Å². The molecule has 0 aliphatic carbocycles. The lowest BCUT2D eigenvalue weighted by atomic mass is 10.1. The summed E-state index contributed by atoms with van der Waals surface area (Å²) in [7, 11) is 1.71. The second kappa shape index (κ2) is 7.48. The number of anilines is 1. The van der Waals surface area contributed by atoms with E-state index in [0.717, 1.165) is 45.6 Å². The van der Waals surface area contributed by atoms with Crippen LogP contribution in [0.3, 0.4) is 0 Å². The van der Waals surface area contributed by atoms with E-state index in [1.165, 1.54) is 11.3 Å². The topological polar surface area (TPSA) is 44.7 Å². The van der Waals surface area contributed by atoms with Gasteiger partial charge in [0.25, 0.3) is 0 Å². The van der Waals surface area contributed by atoms with E-state index in [0.29, 0.717) is 0 Å². The fourth-order valence-corrected chi connectivity index (χ4v) is 2.54. The third-order valence-electron chi connectivity index (χ3n) is 3.53. The number of hydrogen-bond donors (Lipinski definition) is 2. The normalized spacial score (nSPS) is 19.7. The number of ether oxygens (including phenoxy) is 1. The van der Waals surface area contributed by atoms with Gasteiger partial charge in [0.2, 0.25) is 0 Å². The molecular formula is C15H24N2O2. The molecule has 106 valence electrons. The zero-order valence-corrected chi connectivity index (χ0v) is 11.6. The van der Waals surface area contributed by atoms with Gasteiger partial charge in [-0.25, -0.2) is 0 Å². The van der Waals surface area contributed by atoms with Crippen molar-refractivity contribution >= 4 is 5.69 Å². The molecule has 19 heavy (non-hydrogen) atoms. The molecule has 0 amide bonds. The minimum Gasteiger partial charge on any atom is -0.391 e. The SMILES string of the molecule is COCCNCc1ccccc1N1CCCC(O)C1. The number of methoxy groups -OCH3 is 1. The van der Waals surface area contributed by atoms with Gasteiger partial charge in [0, 0.05) is 39.0 Å². The molecule has 2 rings (SSSR count). The largest absolute Gasteiger partial charge is 0.391 e. The first-order valence-corrected chi connectivity index (χ1v) is 7.02. The molecule has 1 aromatic carbocycles. The van der Waals surface area contributed by atoms with Crippen LogP contribution < -0.4 is 10.2 Å². The van der Waals surface area contributed by atoms with Crippen LogP contribution in [0.4, 0.5) is 5.69 Å². The van der Waals surface area contributed by atoms with Crippen LogP contribution in [0, 0.1) is 0 Å². The Hall–Kier alpha value is -1.10. The van der Waals surface area contributed by atoms with Crippen LogP contribution in [0.1, 0.15) is 18.4 Å². The maximum Gasteiger partial charge on any atom is 0.0715 e. The van der Waals surface area contributed by atoms with Gasteiger partial charge in [0.05, 0.1) is 12.7 Å². The molecule has 1 saturated heterocycles. The highest BCUT2D eigenvalue weighted by Gasteiger charge is 2.19. The molecule has 0 saturated carbocycles. The van der Waals surface area contributed by atoms with Gasteiger partial charge < -0.3 is 20.1 Å². The summed E-state index contributed by atoms with van der Waals surface area (Å²) in [5, 5.41) is 13.2. The van der Waals surface area contributed by atoms with Crippen molar-refractivity contribution in [2.45, 2.75) is 25.5 Å². The fourth-order valence-electron chi connectivity index (χ4n) is 2.54. The Labute approximate surface area is 115 Å². The lowest BCUT2D eigenvalue weighted by Gasteiger charge is -2.33. The molecule has 1 aromatic rings. The number of nitrogens with zero attached hydrogens (tertiary/aromatic N) is 1. The number of aliphatic hydroxyl groups is 1. The Morgan fingerprint density at radius 1 is 1.42 bits per heavy atom. The summed E-state index contributed by atoms with van der Waals surface area (Å²) in [6.45, 7) is 4.20. The minimum atomic E-state index is -0.191. The summed E-state index contributed by atoms with van der Waals surface area (Å²) in [5.74, 6) is 0. The Morgan fingerprint density at radius 3 is 3.05 bits per heavy atom. The first-order valence-electron chi connectivity index (χ1n) is 7.02. The van der Waals surface area contributed by atoms with Crippen molar-refractivity contribution in [1.29, 1.82) is 0 Å². The smallest absolute Gasteiger partial charge is 0.0715 e. The quantitative estimate of drug-likeness (QED) is 0.762. The van der Waals surface area contributed by atoms with Crippen molar-refractivity contribution in [3.8, 4) is 0 Å². The van der Waals surface area contributed by atoms with Gasteiger partial charge in [-0.3, -0.25) is 0 Å². The molecule has 1 aliphatic rings. The standard InChI is InChI=1S/C15H24N2O2/c1-19-10-8-16-11-13-5-2-3-7-15(13)17-9-4-6-14(18)12-17/h2-3,5,7,14,16,18H,4,6,8-12H2,1H3. The molecule has 1 aliphatic heterocycles. The van der Waals surface area contributed by atoms with Crippen LogP contribution in [0.5, 0.6) is 0 Å². The van der Waals surface area contributed by atoms with Crippen molar-refractivity contribution in [1.82, 2.24) is 5.32 Å². The molecule has 0 aromatic heterocycles. The van der Waals surface area contributed by atoms with Gasteiger partial charge in [-0.05, 0) is 24.5 Å². The summed E-state index contributed by atoms with van der Waals surface area (Å²) in [6, 6.07) is 8.42. The number of piperidine rings is 1. The van der Waals surface area contributed by atoms with Crippen LogP contribution in [0.2, 0.25) is 0 Å². The maximum absolute atomic E-state index is 9.80. The molecule has 0 spiro atoms. The second-order valence-electron chi connectivity index (χ2n) is 5.04. The van der Waals surface area contributed by atoms with Gasteiger partial charge >= 0.3 is 0 Å². The van der Waals surface area contributed by atoms with Crippen LogP contribution >= 0.6 is 0 Å². The zero-order valence-electron chi connectivity index (χ0n) is 11.6. The first kappa shape index (κ1) is 14.3. The van der Waals surface area contributed by atoms with Crippen LogP contribution in [-0.4, -0.2) is 44.6 Å². The van der Waals surface area contributed by atoms with E-state index in [2.05, 4.69) is 34.5 Å². The van der Waals surface area contributed by atoms with Crippen molar-refractivity contribution in [2.75, 3.05) is 38.3 Å². The van der Waals surface area contributed by atoms with Crippen molar-refractivity contribution < 1.29 is 9.84 Å². The third kappa shape index (κ3) is 4.20. The summed E-state index contributed by atoms with van der Waals surface area (Å²) < 4.78 is 5.03. The molecule has 4 heteroatoms. The fraction of sp³-hybridized carbons (Fsp3) is 0.600. The summed E-state index contributed by atoms with van der Waals surface area (Å²) in [6.07, 6.45) is 1.79. The first-order chi connectivity index (χ1) is 9.31. The predicted octanol–water partition coefficient (Wildman–Crippen LogP) is 1.38. The van der Waals surface area contributed by atoms with Gasteiger partial charge in [-0.2, -0.15) is 0 Å². The number of aliphatic hydroxyl groups excluding tert-OH is 1. The third-order valence-corrected chi connectivity index (χ3v) is 3.53. The van der Waals surface area contributed by atoms with Gasteiger partial charge in [-0.15, -0.1) is 0 Å². The average molecular weight is 264 g/mol. The Bertz CT molecular complexity index is 384. The average Bonchev–Trinajstić information content (AvgIpc) is 2.44. The molecule has 1 atom stereocenters. The molecule has 1 heterocycles. The molecule has 2 N–H and O–H groups in total. The number of hydrogen-bond acceptors (Lipinski definition) is 4. The minimum absolute atomic E-state index is 0.191. The van der Waals surface area contributed by atoms with Crippen molar-refractivity contribution in [2.24, 2.45) is 0 Å². The maximum atomic E-state index is 9.80. The highest BCUT2D eigenvalue weighted by atomic mass is 16.5. The number of benzene rings is 1. The molecule has 0 radical (unpaired) electrons. The Morgan fingerprint density at radius 2 is 2.26 bits per heavy atom. The van der Waals surface area contributed by atoms with Gasteiger partial charge in [-0.1, -0.05) is 18.2 Å². The lowest BCUT2D eigenvalue weighted by molar-refractivity contribution is 0.154. The van der Waals surface area contributed by atoms with Crippen LogP contribution in [0.25, 0.3) is 0 Å². The highest BCUT2D eigenvalue weighted by molar-refractivity contribution is 5.54. The summed E-state index contributed by atoms with van der Waals surface area (Å²) in [5.41, 5.74) is 2.53. The lowest BCUT2D eigenvalue weighted by Crippen LogP contribution is -2.39. The molecular weight excluding hydrogens is 240 g/mol. The number of para-hydroxylation sites is 1. The summed E-state index contributed by atoms with van der Waals surface area (Å²) >= 11 is 0. The molecule has 0 bridgehead atoms. The van der Waals surface area contributed by atoms with E-state index in [1.54, 1.807) is 7.11 Å². The predicted molar refractivity (Wildman–Crippen MR) is 77.5 cm³/mol. The van der Waals surface area contributed by atoms with Crippen molar-refractivity contribution in [3.63, 3.8) is 0 Å². The monoisotopic (exact) mass is 264 g/mol. The van der Waals surface area contributed by atoms with E-state index in [4.69, 9.17) is 4.74 Å². The van der Waals surface area contributed by atoms with E-state index < -0.39 is 0 Å². The van der Waals surface area contributed by atoms with Crippen molar-refractivity contribution in [3.05, 3.63) is 29.8 Å². The molecule has 4 nitrogen and oxygen atoms in total. The molecule has 1 fully saturated rings. The van der Waals surface area contributed by atoms with Gasteiger partial charge in [0.15, 0.2) is 0 Å². The second-order valence-corrected chi connectivity index (χ2v) is 5.04. The molecule has 1 unspecified atom stereocenters. The van der Waals surface area contributed by atoms with E-state index >= 15 is 0 Å². The number of nitrogens with one attached hydrogen (secondary N) is 1. The van der Waals surface area contributed by atoms with Crippen LogP contribution in [-0.2, 0) is 11.3 Å². The Kier molecular flexibility index (Phi) is 5.63. The number of β-amino-alcohol motifs (C(OH)–C–C–N with tert-alkyl or cyclic N) is 1. The highest BCUT2D eigenvalue weighted by Crippen LogP contribution is 2.24. The summed E-state index contributed by atoms with van der Waals surface area (Å²) in [4.78, 5) is 2.29. The van der Waals surface area contributed by atoms with E-state index in [1.807, 2.05) is 0 Å². The Balaban J connectivity index is 1.99. The van der Waals surface area contributed by atoms with Crippen LogP contribution in [0.15, 0.2) is 24.3 Å². The van der Waals surface area contributed by atoms with E-state index in [-0.39, 0.29) is 6.10 Å². The van der Waals surface area contributed by atoms with E-state index in [9.17, 15) is 5.11 Å². The number of rotatable bonds is 6.